The Morgan fingerprint density at radius 3 is 2.96 bits per heavy atom. The van der Waals surface area contributed by atoms with Crippen LogP contribution in [-0.4, -0.2) is 17.8 Å². The van der Waals surface area contributed by atoms with E-state index >= 15 is 0 Å². The Hall–Kier alpha value is -2.18. The predicted molar refractivity (Wildman–Crippen MR) is 98.9 cm³/mol. The molecule has 0 fully saturated rings. The quantitative estimate of drug-likeness (QED) is 0.479. The van der Waals surface area contributed by atoms with Crippen molar-refractivity contribution in [1.82, 2.24) is 4.98 Å². The van der Waals surface area contributed by atoms with Crippen LogP contribution in [0.4, 0.5) is 5.13 Å². The zero-order valence-electron chi connectivity index (χ0n) is 12.7. The van der Waals surface area contributed by atoms with E-state index in [2.05, 4.69) is 28.5 Å². The summed E-state index contributed by atoms with van der Waals surface area (Å²) in [5, 5.41) is 9.12. The van der Waals surface area contributed by atoms with Gasteiger partial charge in [-0.15, -0.1) is 22.7 Å². The number of aromatic nitrogens is 1. The Morgan fingerprint density at radius 1 is 1.22 bits per heavy atom. The number of nitrogens with one attached hydrogen (secondary N) is 1. The van der Waals surface area contributed by atoms with E-state index in [-0.39, 0.29) is 0 Å². The number of nitrogens with zero attached hydrogens (tertiary/aromatic N) is 2. The molecule has 0 aliphatic carbocycles. The SMILES string of the molecule is CCCOc1ccccc1/C=N\Nc1nc(-c2cccs2)cs1. The molecule has 0 unspecified atom stereocenters. The predicted octanol–water partition coefficient (Wildman–Crippen LogP) is 5.11. The Balaban J connectivity index is 1.65. The molecule has 0 amide bonds. The summed E-state index contributed by atoms with van der Waals surface area (Å²) >= 11 is 3.22. The van der Waals surface area contributed by atoms with Gasteiger partial charge in [0.05, 0.1) is 23.4 Å². The molecule has 3 aromatic rings. The van der Waals surface area contributed by atoms with Crippen LogP contribution in [0.5, 0.6) is 5.75 Å². The van der Waals surface area contributed by atoms with Gasteiger partial charge in [-0.3, -0.25) is 5.43 Å². The molecule has 2 aromatic heterocycles. The van der Waals surface area contributed by atoms with E-state index in [1.807, 2.05) is 41.1 Å². The van der Waals surface area contributed by atoms with Gasteiger partial charge >= 0.3 is 0 Å². The lowest BCUT2D eigenvalue weighted by Gasteiger charge is -2.07. The van der Waals surface area contributed by atoms with Crippen LogP contribution in [0.15, 0.2) is 52.3 Å². The van der Waals surface area contributed by atoms with E-state index in [1.54, 1.807) is 28.9 Å². The molecule has 0 aliphatic heterocycles. The minimum atomic E-state index is 0.703. The largest absolute Gasteiger partial charge is 0.493 e. The molecule has 0 saturated carbocycles. The van der Waals surface area contributed by atoms with Crippen LogP contribution in [0, 0.1) is 0 Å². The lowest BCUT2D eigenvalue weighted by molar-refractivity contribution is 0.317. The molecule has 0 bridgehead atoms. The number of hydrazone groups is 1. The number of hydrogen-bond acceptors (Lipinski definition) is 6. The van der Waals surface area contributed by atoms with Crippen molar-refractivity contribution in [2.24, 2.45) is 5.10 Å². The first-order valence-electron chi connectivity index (χ1n) is 7.37. The number of ether oxygens (including phenoxy) is 1. The van der Waals surface area contributed by atoms with Gasteiger partial charge in [0.2, 0.25) is 5.13 Å². The van der Waals surface area contributed by atoms with Gasteiger partial charge in [0.25, 0.3) is 0 Å². The third kappa shape index (κ3) is 4.18. The smallest absolute Gasteiger partial charge is 0.203 e. The molecule has 23 heavy (non-hydrogen) atoms. The van der Waals surface area contributed by atoms with E-state index in [4.69, 9.17) is 4.74 Å². The minimum absolute atomic E-state index is 0.703. The van der Waals surface area contributed by atoms with Crippen LogP contribution in [-0.2, 0) is 0 Å². The topological polar surface area (TPSA) is 46.5 Å². The second-order valence-electron chi connectivity index (χ2n) is 4.77. The average molecular weight is 343 g/mol. The van der Waals surface area contributed by atoms with E-state index in [0.717, 1.165) is 33.4 Å². The van der Waals surface area contributed by atoms with Crippen LogP contribution in [0.2, 0.25) is 0 Å². The van der Waals surface area contributed by atoms with Crippen LogP contribution in [0.1, 0.15) is 18.9 Å². The molecule has 3 rings (SSSR count). The summed E-state index contributed by atoms with van der Waals surface area (Å²) in [5.74, 6) is 0.846. The van der Waals surface area contributed by atoms with Gasteiger partial charge < -0.3 is 4.74 Å². The maximum atomic E-state index is 5.71. The highest BCUT2D eigenvalue weighted by molar-refractivity contribution is 7.15. The van der Waals surface area contributed by atoms with E-state index in [1.165, 1.54) is 0 Å². The average Bonchev–Trinajstić information content (AvgIpc) is 3.25. The number of thiazole rings is 1. The van der Waals surface area contributed by atoms with Crippen molar-refractivity contribution in [3.05, 3.63) is 52.7 Å². The number of para-hydroxylation sites is 1. The fourth-order valence-corrected chi connectivity index (χ4v) is 3.37. The van der Waals surface area contributed by atoms with Crippen LogP contribution < -0.4 is 10.2 Å². The molecule has 0 spiro atoms. The van der Waals surface area contributed by atoms with E-state index in [0.29, 0.717) is 6.61 Å². The fraction of sp³-hybridized carbons (Fsp3) is 0.176. The van der Waals surface area contributed by atoms with Crippen LogP contribution in [0.25, 0.3) is 10.6 Å². The molecule has 0 saturated heterocycles. The summed E-state index contributed by atoms with van der Waals surface area (Å²) in [6.45, 7) is 2.79. The number of rotatable bonds is 7. The molecular formula is C17H17N3OS2. The molecule has 0 aliphatic rings. The molecule has 0 atom stereocenters. The molecule has 118 valence electrons. The minimum Gasteiger partial charge on any atom is -0.493 e. The van der Waals surface area contributed by atoms with Crippen LogP contribution >= 0.6 is 22.7 Å². The summed E-state index contributed by atoms with van der Waals surface area (Å²) in [7, 11) is 0. The van der Waals surface area contributed by atoms with Gasteiger partial charge in [-0.05, 0) is 30.0 Å². The highest BCUT2D eigenvalue weighted by Crippen LogP contribution is 2.28. The normalized spacial score (nSPS) is 11.0. The monoisotopic (exact) mass is 343 g/mol. The molecule has 6 heteroatoms. The summed E-state index contributed by atoms with van der Waals surface area (Å²) < 4.78 is 5.71. The molecule has 4 nitrogen and oxygen atoms in total. The standard InChI is InChI=1S/C17H17N3OS2/c1-2-9-21-15-7-4-3-6-13(15)11-18-20-17-19-14(12-23-17)16-8-5-10-22-16/h3-8,10-12H,2,9H2,1H3,(H,19,20)/b18-11-. The second kappa shape index (κ2) is 7.89. The highest BCUT2D eigenvalue weighted by atomic mass is 32.1. The van der Waals surface area contributed by atoms with Crippen molar-refractivity contribution in [3.63, 3.8) is 0 Å². The highest BCUT2D eigenvalue weighted by Gasteiger charge is 2.04. The van der Waals surface area contributed by atoms with Gasteiger partial charge in [0.1, 0.15) is 5.75 Å². The summed E-state index contributed by atoms with van der Waals surface area (Å²) in [4.78, 5) is 5.69. The van der Waals surface area contributed by atoms with E-state index in [9.17, 15) is 0 Å². The summed E-state index contributed by atoms with van der Waals surface area (Å²) in [6.07, 6.45) is 2.74. The van der Waals surface area contributed by atoms with Gasteiger partial charge in [-0.25, -0.2) is 4.98 Å². The molecule has 1 N–H and O–H groups in total. The first kappa shape index (κ1) is 15.7. The maximum Gasteiger partial charge on any atom is 0.203 e. The van der Waals surface area contributed by atoms with Crippen LogP contribution in [0.3, 0.4) is 0 Å². The van der Waals surface area contributed by atoms with Crippen molar-refractivity contribution >= 4 is 34.0 Å². The number of hydrogen-bond donors (Lipinski definition) is 1. The molecule has 1 aromatic carbocycles. The number of anilines is 1. The molecule has 2 heterocycles. The van der Waals surface area contributed by atoms with Crippen molar-refractivity contribution in [1.29, 1.82) is 0 Å². The van der Waals surface area contributed by atoms with Gasteiger partial charge in [-0.1, -0.05) is 25.1 Å². The summed E-state index contributed by atoms with van der Waals surface area (Å²) in [6, 6.07) is 12.0. The Morgan fingerprint density at radius 2 is 2.13 bits per heavy atom. The third-order valence-corrected chi connectivity index (χ3v) is 4.66. The first-order chi connectivity index (χ1) is 11.4. The lowest BCUT2D eigenvalue weighted by Crippen LogP contribution is -1.99. The number of benzene rings is 1. The van der Waals surface area contributed by atoms with Crippen molar-refractivity contribution in [2.75, 3.05) is 12.0 Å². The zero-order valence-corrected chi connectivity index (χ0v) is 14.4. The maximum absolute atomic E-state index is 5.71. The second-order valence-corrected chi connectivity index (χ2v) is 6.58. The Bertz CT molecular complexity index is 766. The van der Waals surface area contributed by atoms with Crippen molar-refractivity contribution in [3.8, 4) is 16.3 Å². The van der Waals surface area contributed by atoms with Crippen molar-refractivity contribution < 1.29 is 4.74 Å². The van der Waals surface area contributed by atoms with Gasteiger partial charge in [0, 0.05) is 10.9 Å². The van der Waals surface area contributed by atoms with Gasteiger partial charge in [-0.2, -0.15) is 5.10 Å². The van der Waals surface area contributed by atoms with Gasteiger partial charge in [0.15, 0.2) is 0 Å². The zero-order chi connectivity index (χ0) is 15.9. The van der Waals surface area contributed by atoms with E-state index < -0.39 is 0 Å². The first-order valence-corrected chi connectivity index (χ1v) is 9.13. The fourth-order valence-electron chi connectivity index (χ4n) is 1.95. The Labute approximate surface area is 143 Å². The summed E-state index contributed by atoms with van der Waals surface area (Å²) in [5.41, 5.74) is 4.91. The number of thiophene rings is 1. The lowest BCUT2D eigenvalue weighted by atomic mass is 10.2. The van der Waals surface area contributed by atoms with Crippen molar-refractivity contribution in [2.45, 2.75) is 13.3 Å². The third-order valence-electron chi connectivity index (χ3n) is 3.02. The molecule has 0 radical (unpaired) electrons. The molecular weight excluding hydrogens is 326 g/mol. The Kier molecular flexibility index (Phi) is 5.39.